The molecule has 1 unspecified atom stereocenters. The second-order valence-corrected chi connectivity index (χ2v) is 3.24. The molecule has 0 fully saturated rings. The molecule has 3 nitrogen and oxygen atoms in total. The molecule has 0 aliphatic heterocycles. The molecular weight excluding hydrogens is 176 g/mol. The van der Waals surface area contributed by atoms with Gasteiger partial charge in [-0.1, -0.05) is 18.2 Å². The molecule has 2 N–H and O–H groups in total. The van der Waals surface area contributed by atoms with Crippen molar-refractivity contribution in [2.24, 2.45) is 5.73 Å². The molecular formula is C11H14N2O. The molecule has 0 bridgehead atoms. The Morgan fingerprint density at radius 3 is 2.71 bits per heavy atom. The predicted molar refractivity (Wildman–Crippen MR) is 54.8 cm³/mol. The third-order valence-electron chi connectivity index (χ3n) is 1.98. The first kappa shape index (κ1) is 10.6. The Morgan fingerprint density at radius 1 is 1.50 bits per heavy atom. The standard InChI is InChI=1S/C11H14N2O/c1-3-14-10-7-5-4-6-9(10)11(2,13)8-12/h4-7H,3,13H2,1-2H3. The van der Waals surface area contributed by atoms with Gasteiger partial charge in [0.15, 0.2) is 0 Å². The first-order valence-electron chi connectivity index (χ1n) is 4.54. The van der Waals surface area contributed by atoms with E-state index in [1.165, 1.54) is 0 Å². The van der Waals surface area contributed by atoms with Gasteiger partial charge in [-0.2, -0.15) is 5.26 Å². The molecule has 0 aliphatic rings. The van der Waals surface area contributed by atoms with E-state index in [2.05, 4.69) is 6.07 Å². The zero-order valence-electron chi connectivity index (χ0n) is 8.45. The lowest BCUT2D eigenvalue weighted by Crippen LogP contribution is -2.31. The van der Waals surface area contributed by atoms with E-state index in [0.717, 1.165) is 5.56 Å². The van der Waals surface area contributed by atoms with Crippen LogP contribution in [-0.4, -0.2) is 6.61 Å². The van der Waals surface area contributed by atoms with Crippen LogP contribution < -0.4 is 10.5 Å². The van der Waals surface area contributed by atoms with Gasteiger partial charge >= 0.3 is 0 Å². The van der Waals surface area contributed by atoms with Crippen LogP contribution in [0.15, 0.2) is 24.3 Å². The maximum absolute atomic E-state index is 8.91. The van der Waals surface area contributed by atoms with Crippen molar-refractivity contribution in [2.45, 2.75) is 19.4 Å². The van der Waals surface area contributed by atoms with E-state index in [4.69, 9.17) is 15.7 Å². The molecule has 0 radical (unpaired) electrons. The second-order valence-electron chi connectivity index (χ2n) is 3.24. The van der Waals surface area contributed by atoms with E-state index in [1.54, 1.807) is 6.92 Å². The van der Waals surface area contributed by atoms with Crippen LogP contribution in [0.4, 0.5) is 0 Å². The van der Waals surface area contributed by atoms with E-state index >= 15 is 0 Å². The summed E-state index contributed by atoms with van der Waals surface area (Å²) in [5.74, 6) is 0.682. The van der Waals surface area contributed by atoms with Crippen LogP contribution in [0.25, 0.3) is 0 Å². The summed E-state index contributed by atoms with van der Waals surface area (Å²) in [4.78, 5) is 0. The number of ether oxygens (including phenoxy) is 1. The van der Waals surface area contributed by atoms with Gasteiger partial charge in [0.25, 0.3) is 0 Å². The van der Waals surface area contributed by atoms with Crippen LogP contribution in [-0.2, 0) is 5.54 Å². The zero-order valence-corrected chi connectivity index (χ0v) is 8.45. The third kappa shape index (κ3) is 2.04. The monoisotopic (exact) mass is 190 g/mol. The molecule has 0 saturated carbocycles. The summed E-state index contributed by atoms with van der Waals surface area (Å²) in [5, 5.41) is 8.91. The number of nitrogens with two attached hydrogens (primary N) is 1. The normalized spacial score (nSPS) is 14.1. The van der Waals surface area contributed by atoms with Gasteiger partial charge in [0.2, 0.25) is 0 Å². The van der Waals surface area contributed by atoms with Crippen molar-refractivity contribution in [1.82, 2.24) is 0 Å². The van der Waals surface area contributed by atoms with Gasteiger partial charge in [-0.25, -0.2) is 0 Å². The number of para-hydroxylation sites is 1. The fourth-order valence-corrected chi connectivity index (χ4v) is 1.24. The van der Waals surface area contributed by atoms with Crippen molar-refractivity contribution >= 4 is 0 Å². The van der Waals surface area contributed by atoms with Crippen molar-refractivity contribution in [3.8, 4) is 11.8 Å². The second kappa shape index (κ2) is 4.12. The van der Waals surface area contributed by atoms with Gasteiger partial charge in [0.1, 0.15) is 11.3 Å². The fourth-order valence-electron chi connectivity index (χ4n) is 1.24. The van der Waals surface area contributed by atoms with Crippen LogP contribution in [0.1, 0.15) is 19.4 Å². The Morgan fingerprint density at radius 2 is 2.14 bits per heavy atom. The van der Waals surface area contributed by atoms with Crippen LogP contribution in [0.2, 0.25) is 0 Å². The van der Waals surface area contributed by atoms with Gasteiger partial charge in [0.05, 0.1) is 12.7 Å². The van der Waals surface area contributed by atoms with Crippen molar-refractivity contribution in [3.63, 3.8) is 0 Å². The summed E-state index contributed by atoms with van der Waals surface area (Å²) >= 11 is 0. The van der Waals surface area contributed by atoms with Crippen LogP contribution in [0.5, 0.6) is 5.75 Å². The predicted octanol–water partition coefficient (Wildman–Crippen LogP) is 1.78. The number of hydrogen-bond donors (Lipinski definition) is 1. The Labute approximate surface area is 84.1 Å². The molecule has 74 valence electrons. The average molecular weight is 190 g/mol. The van der Waals surface area contributed by atoms with Crippen LogP contribution >= 0.6 is 0 Å². The lowest BCUT2D eigenvalue weighted by molar-refractivity contribution is 0.331. The molecule has 1 atom stereocenters. The number of nitrogens with zero attached hydrogens (tertiary/aromatic N) is 1. The minimum atomic E-state index is -0.994. The molecule has 1 aromatic rings. The number of benzene rings is 1. The average Bonchev–Trinajstić information content (AvgIpc) is 2.19. The first-order valence-corrected chi connectivity index (χ1v) is 4.54. The summed E-state index contributed by atoms with van der Waals surface area (Å²) in [6.45, 7) is 4.14. The summed E-state index contributed by atoms with van der Waals surface area (Å²) in [6, 6.07) is 9.40. The summed E-state index contributed by atoms with van der Waals surface area (Å²) in [7, 11) is 0. The topological polar surface area (TPSA) is 59.0 Å². The number of nitriles is 1. The van der Waals surface area contributed by atoms with Crippen molar-refractivity contribution < 1.29 is 4.74 Å². The molecule has 0 amide bonds. The quantitative estimate of drug-likeness (QED) is 0.790. The van der Waals surface area contributed by atoms with E-state index in [0.29, 0.717) is 12.4 Å². The summed E-state index contributed by atoms with van der Waals surface area (Å²) in [5.41, 5.74) is 5.56. The van der Waals surface area contributed by atoms with Crippen molar-refractivity contribution in [3.05, 3.63) is 29.8 Å². The highest BCUT2D eigenvalue weighted by Crippen LogP contribution is 2.27. The zero-order chi connectivity index (χ0) is 10.6. The highest BCUT2D eigenvalue weighted by atomic mass is 16.5. The van der Waals surface area contributed by atoms with Crippen molar-refractivity contribution in [1.29, 1.82) is 5.26 Å². The lowest BCUT2D eigenvalue weighted by atomic mass is 9.94. The number of hydrogen-bond acceptors (Lipinski definition) is 3. The minimum Gasteiger partial charge on any atom is -0.493 e. The first-order chi connectivity index (χ1) is 6.61. The van der Waals surface area contributed by atoms with E-state index < -0.39 is 5.54 Å². The summed E-state index contributed by atoms with van der Waals surface area (Å²) in [6.07, 6.45) is 0. The smallest absolute Gasteiger partial charge is 0.130 e. The molecule has 1 rings (SSSR count). The highest BCUT2D eigenvalue weighted by Gasteiger charge is 2.23. The molecule has 1 aromatic carbocycles. The highest BCUT2D eigenvalue weighted by molar-refractivity contribution is 5.41. The minimum absolute atomic E-state index is 0.568. The van der Waals surface area contributed by atoms with Gasteiger partial charge in [-0.3, -0.25) is 0 Å². The SMILES string of the molecule is CCOc1ccccc1C(C)(N)C#N. The van der Waals surface area contributed by atoms with Crippen molar-refractivity contribution in [2.75, 3.05) is 6.61 Å². The Balaban J connectivity index is 3.14. The van der Waals surface area contributed by atoms with E-state index in [1.807, 2.05) is 31.2 Å². The van der Waals surface area contributed by atoms with Crippen LogP contribution in [0.3, 0.4) is 0 Å². The molecule has 0 aliphatic carbocycles. The maximum atomic E-state index is 8.91. The van der Waals surface area contributed by atoms with Gasteiger partial charge in [-0.15, -0.1) is 0 Å². The fraction of sp³-hybridized carbons (Fsp3) is 0.364. The maximum Gasteiger partial charge on any atom is 0.130 e. The van der Waals surface area contributed by atoms with Crippen LogP contribution in [0, 0.1) is 11.3 Å². The largest absolute Gasteiger partial charge is 0.493 e. The molecule has 0 heterocycles. The van der Waals surface area contributed by atoms with E-state index in [-0.39, 0.29) is 0 Å². The van der Waals surface area contributed by atoms with Gasteiger partial charge < -0.3 is 10.5 Å². The van der Waals surface area contributed by atoms with Gasteiger partial charge in [-0.05, 0) is 19.9 Å². The Bertz CT molecular complexity index is 353. The van der Waals surface area contributed by atoms with E-state index in [9.17, 15) is 0 Å². The lowest BCUT2D eigenvalue weighted by Gasteiger charge is -2.19. The number of rotatable bonds is 3. The molecule has 14 heavy (non-hydrogen) atoms. The third-order valence-corrected chi connectivity index (χ3v) is 1.98. The molecule has 0 spiro atoms. The Hall–Kier alpha value is -1.53. The molecule has 0 aromatic heterocycles. The molecule has 0 saturated heterocycles. The van der Waals surface area contributed by atoms with Gasteiger partial charge in [0, 0.05) is 5.56 Å². The Kier molecular flexibility index (Phi) is 3.10. The summed E-state index contributed by atoms with van der Waals surface area (Å²) < 4.78 is 5.39. The molecule has 3 heteroatoms.